The summed E-state index contributed by atoms with van der Waals surface area (Å²) in [5.74, 6) is -0.197. The molecule has 0 heterocycles. The van der Waals surface area contributed by atoms with Gasteiger partial charge in [-0.05, 0) is 43.5 Å². The van der Waals surface area contributed by atoms with Crippen molar-refractivity contribution in [3.8, 4) is 0 Å². The Morgan fingerprint density at radius 2 is 2.16 bits per heavy atom. The van der Waals surface area contributed by atoms with Gasteiger partial charge in [0.2, 0.25) is 0 Å². The minimum absolute atomic E-state index is 0.197. The highest BCUT2D eigenvalue weighted by Gasteiger charge is 2.13. The first kappa shape index (κ1) is 16.4. The second-order valence-electron chi connectivity index (χ2n) is 4.70. The zero-order chi connectivity index (χ0) is 14.1. The molecule has 0 spiro atoms. The summed E-state index contributed by atoms with van der Waals surface area (Å²) >= 11 is 3.46. The van der Waals surface area contributed by atoms with Gasteiger partial charge in [0.15, 0.2) is 0 Å². The third-order valence-electron chi connectivity index (χ3n) is 3.19. The van der Waals surface area contributed by atoms with Crippen molar-refractivity contribution in [1.82, 2.24) is 5.32 Å². The van der Waals surface area contributed by atoms with E-state index in [2.05, 4.69) is 34.7 Å². The van der Waals surface area contributed by atoms with Crippen molar-refractivity contribution in [3.05, 3.63) is 46.7 Å². The van der Waals surface area contributed by atoms with E-state index in [4.69, 9.17) is 0 Å². The predicted molar refractivity (Wildman–Crippen MR) is 83.8 cm³/mol. The molecule has 0 bridgehead atoms. The summed E-state index contributed by atoms with van der Waals surface area (Å²) < 4.78 is 14.0. The molecule has 0 saturated heterocycles. The van der Waals surface area contributed by atoms with Crippen LogP contribution in [0.3, 0.4) is 0 Å². The number of benzene rings is 1. The molecule has 1 nitrogen and oxygen atoms in total. The fraction of sp³-hybridized carbons (Fsp3) is 0.500. The van der Waals surface area contributed by atoms with Crippen molar-refractivity contribution in [1.29, 1.82) is 0 Å². The SMILES string of the molecule is C=CCCCCCC(NCC)c1ccc(F)cc1Br. The van der Waals surface area contributed by atoms with E-state index in [1.165, 1.54) is 31.4 Å². The van der Waals surface area contributed by atoms with Crippen LogP contribution in [0.2, 0.25) is 0 Å². The van der Waals surface area contributed by atoms with Gasteiger partial charge in [-0.1, -0.05) is 47.8 Å². The van der Waals surface area contributed by atoms with Gasteiger partial charge in [0.05, 0.1) is 0 Å². The molecule has 1 unspecified atom stereocenters. The Hall–Kier alpha value is -0.670. The third kappa shape index (κ3) is 5.87. The number of unbranched alkanes of at least 4 members (excludes halogenated alkanes) is 3. The number of rotatable bonds is 9. The van der Waals surface area contributed by atoms with Gasteiger partial charge in [-0.3, -0.25) is 0 Å². The van der Waals surface area contributed by atoms with E-state index in [1.54, 1.807) is 0 Å². The average Bonchev–Trinajstić information content (AvgIpc) is 2.38. The number of nitrogens with one attached hydrogen (secondary N) is 1. The molecule has 1 N–H and O–H groups in total. The van der Waals surface area contributed by atoms with E-state index < -0.39 is 0 Å². The molecule has 3 heteroatoms. The molecular weight excluding hydrogens is 305 g/mol. The molecule has 0 aliphatic rings. The van der Waals surface area contributed by atoms with Crippen LogP contribution in [0.1, 0.15) is 50.6 Å². The summed E-state index contributed by atoms with van der Waals surface area (Å²) in [6.07, 6.45) is 7.73. The monoisotopic (exact) mass is 327 g/mol. The molecule has 0 aromatic heterocycles. The van der Waals surface area contributed by atoms with Gasteiger partial charge in [0.1, 0.15) is 5.82 Å². The van der Waals surface area contributed by atoms with Gasteiger partial charge < -0.3 is 5.32 Å². The van der Waals surface area contributed by atoms with Crippen molar-refractivity contribution in [2.75, 3.05) is 6.54 Å². The number of allylic oxidation sites excluding steroid dienone is 1. The lowest BCUT2D eigenvalue weighted by atomic mass is 10.00. The Bertz CT molecular complexity index is 392. The topological polar surface area (TPSA) is 12.0 Å². The molecule has 0 saturated carbocycles. The first-order valence-corrected chi connectivity index (χ1v) is 7.77. The van der Waals surface area contributed by atoms with Crippen LogP contribution in [-0.2, 0) is 0 Å². The molecule has 1 aromatic carbocycles. The zero-order valence-corrected chi connectivity index (χ0v) is 13.2. The lowest BCUT2D eigenvalue weighted by Gasteiger charge is -2.19. The number of hydrogen-bond acceptors (Lipinski definition) is 1. The van der Waals surface area contributed by atoms with Crippen LogP contribution in [0.5, 0.6) is 0 Å². The summed E-state index contributed by atoms with van der Waals surface area (Å²) in [6, 6.07) is 5.24. The summed E-state index contributed by atoms with van der Waals surface area (Å²) in [5, 5.41) is 3.48. The van der Waals surface area contributed by atoms with Crippen LogP contribution in [0.15, 0.2) is 35.3 Å². The molecule has 1 aromatic rings. The van der Waals surface area contributed by atoms with Crippen molar-refractivity contribution in [3.63, 3.8) is 0 Å². The molecule has 1 rings (SSSR count). The Kier molecular flexibility index (Phi) is 7.99. The predicted octanol–water partition coefficient (Wildman–Crippen LogP) is 5.38. The first-order valence-electron chi connectivity index (χ1n) is 6.98. The summed E-state index contributed by atoms with van der Waals surface area (Å²) in [6.45, 7) is 6.75. The minimum atomic E-state index is -0.197. The van der Waals surface area contributed by atoms with Gasteiger partial charge in [0, 0.05) is 10.5 Å². The Labute approximate surface area is 124 Å². The molecule has 106 valence electrons. The molecule has 0 aliphatic carbocycles. The summed E-state index contributed by atoms with van der Waals surface area (Å²) in [5.41, 5.74) is 1.15. The van der Waals surface area contributed by atoms with Crippen LogP contribution < -0.4 is 5.32 Å². The zero-order valence-electron chi connectivity index (χ0n) is 11.6. The van der Waals surface area contributed by atoms with Gasteiger partial charge in [-0.15, -0.1) is 6.58 Å². The maximum Gasteiger partial charge on any atom is 0.124 e. The van der Waals surface area contributed by atoms with Crippen molar-refractivity contribution in [2.24, 2.45) is 0 Å². The van der Waals surface area contributed by atoms with Gasteiger partial charge in [0.25, 0.3) is 0 Å². The van der Waals surface area contributed by atoms with E-state index >= 15 is 0 Å². The Morgan fingerprint density at radius 1 is 1.37 bits per heavy atom. The largest absolute Gasteiger partial charge is 0.310 e. The molecule has 19 heavy (non-hydrogen) atoms. The Morgan fingerprint density at radius 3 is 2.79 bits per heavy atom. The summed E-state index contributed by atoms with van der Waals surface area (Å²) in [7, 11) is 0. The highest BCUT2D eigenvalue weighted by molar-refractivity contribution is 9.10. The first-order chi connectivity index (χ1) is 9.19. The molecule has 0 amide bonds. The number of hydrogen-bond donors (Lipinski definition) is 1. The van der Waals surface area contributed by atoms with Crippen molar-refractivity contribution < 1.29 is 4.39 Å². The lowest BCUT2D eigenvalue weighted by molar-refractivity contribution is 0.481. The van der Waals surface area contributed by atoms with Crippen molar-refractivity contribution >= 4 is 15.9 Å². The van der Waals surface area contributed by atoms with E-state index in [0.29, 0.717) is 6.04 Å². The highest BCUT2D eigenvalue weighted by atomic mass is 79.9. The van der Waals surface area contributed by atoms with Crippen LogP contribution in [0.25, 0.3) is 0 Å². The standard InChI is InChI=1S/C16H23BrFN/c1-3-5-6-7-8-9-16(19-4-2)14-11-10-13(18)12-15(14)17/h3,10-12,16,19H,1,4-9H2,2H3. The Balaban J connectivity index is 2.58. The molecule has 0 aliphatic heterocycles. The van der Waals surface area contributed by atoms with Crippen LogP contribution >= 0.6 is 15.9 Å². The highest BCUT2D eigenvalue weighted by Crippen LogP contribution is 2.28. The maximum atomic E-state index is 13.1. The van der Waals surface area contributed by atoms with Crippen LogP contribution in [-0.4, -0.2) is 6.54 Å². The fourth-order valence-electron chi connectivity index (χ4n) is 2.21. The third-order valence-corrected chi connectivity index (χ3v) is 3.88. The molecular formula is C16H23BrFN. The van der Waals surface area contributed by atoms with Gasteiger partial charge in [-0.2, -0.15) is 0 Å². The van der Waals surface area contributed by atoms with Gasteiger partial charge in [-0.25, -0.2) is 4.39 Å². The van der Waals surface area contributed by atoms with Gasteiger partial charge >= 0.3 is 0 Å². The molecule has 1 atom stereocenters. The molecule has 0 radical (unpaired) electrons. The van der Waals surface area contributed by atoms with E-state index in [1.807, 2.05) is 12.1 Å². The average molecular weight is 328 g/mol. The van der Waals surface area contributed by atoms with E-state index in [9.17, 15) is 4.39 Å². The minimum Gasteiger partial charge on any atom is -0.310 e. The van der Waals surface area contributed by atoms with E-state index in [-0.39, 0.29) is 5.82 Å². The second-order valence-corrected chi connectivity index (χ2v) is 5.56. The van der Waals surface area contributed by atoms with Crippen LogP contribution in [0.4, 0.5) is 4.39 Å². The normalized spacial score (nSPS) is 12.4. The smallest absolute Gasteiger partial charge is 0.124 e. The van der Waals surface area contributed by atoms with Crippen molar-refractivity contribution in [2.45, 2.75) is 45.1 Å². The quantitative estimate of drug-likeness (QED) is 0.474. The van der Waals surface area contributed by atoms with Crippen LogP contribution in [0, 0.1) is 5.82 Å². The second kappa shape index (κ2) is 9.27. The molecule has 0 fully saturated rings. The fourth-order valence-corrected chi connectivity index (χ4v) is 2.84. The summed E-state index contributed by atoms with van der Waals surface area (Å²) in [4.78, 5) is 0. The number of halogens is 2. The van der Waals surface area contributed by atoms with E-state index in [0.717, 1.165) is 29.4 Å². The lowest BCUT2D eigenvalue weighted by Crippen LogP contribution is -2.21. The maximum absolute atomic E-state index is 13.1.